The normalized spacial score (nSPS) is 29.4. The molecule has 3 aliphatic carbocycles. The van der Waals surface area contributed by atoms with Gasteiger partial charge in [0.05, 0.1) is 20.6 Å². The number of hydrogen-bond acceptors (Lipinski definition) is 8. The van der Waals surface area contributed by atoms with Gasteiger partial charge in [0.25, 0.3) is 5.60 Å². The zero-order valence-electron chi connectivity index (χ0n) is 31.4. The number of hydrogen-bond donors (Lipinski definition) is 2. The molecule has 7 nitrogen and oxygen atoms in total. The maximum atomic E-state index is 13.1. The predicted molar refractivity (Wildman–Crippen MR) is 194 cm³/mol. The first-order valence-corrected chi connectivity index (χ1v) is 20.9. The van der Waals surface area contributed by atoms with E-state index in [1.54, 1.807) is 11.9 Å². The predicted octanol–water partition coefficient (Wildman–Crippen LogP) is 7.78. The van der Waals surface area contributed by atoms with Gasteiger partial charge >= 0.3 is 12.4 Å². The Labute approximate surface area is 313 Å². The fraction of sp³-hybridized carbons (Fsp3) is 0.811. The van der Waals surface area contributed by atoms with Crippen LogP contribution in [0.4, 0.5) is 26.3 Å². The molecule has 1 amide bonds. The molecule has 1 aliphatic heterocycles. The number of aryl methyl sites for hydroxylation is 1. The Bertz CT molecular complexity index is 1350. The van der Waals surface area contributed by atoms with Gasteiger partial charge in [-0.3, -0.25) is 9.69 Å². The minimum atomic E-state index is -5.59. The van der Waals surface area contributed by atoms with Crippen molar-refractivity contribution in [1.29, 1.82) is 0 Å². The number of ether oxygens (including phenoxy) is 3. The molecule has 2 N–H and O–H groups in total. The van der Waals surface area contributed by atoms with Crippen LogP contribution in [0.2, 0.25) is 0 Å². The maximum Gasteiger partial charge on any atom is 0.426 e. The van der Waals surface area contributed by atoms with Crippen molar-refractivity contribution in [3.05, 3.63) is 29.3 Å². The molecule has 2 saturated carbocycles. The highest BCUT2D eigenvalue weighted by Gasteiger charge is 2.69. The average molecular weight is 785 g/mol. The summed E-state index contributed by atoms with van der Waals surface area (Å²) < 4.78 is 102. The SMILES string of the molecule is [2H]CO[C@@H]1CN[C@@H](CSSCCCOc2ccc3c(c2)CCC2C3CC[C@@]3(C)C2CC[C@@H]3NC(=O)CN(C)CCCOC(C)(C(F)(F)F)C(F)(F)F)C1. The number of fused-ring (bicyclic) bond motifs is 5. The van der Waals surface area contributed by atoms with Crippen LogP contribution in [0.3, 0.4) is 0 Å². The second kappa shape index (κ2) is 17.6. The van der Waals surface area contributed by atoms with E-state index in [1.807, 2.05) is 21.6 Å². The summed E-state index contributed by atoms with van der Waals surface area (Å²) in [7, 11) is 5.40. The summed E-state index contributed by atoms with van der Waals surface area (Å²) >= 11 is 0. The fourth-order valence-electron chi connectivity index (χ4n) is 8.92. The van der Waals surface area contributed by atoms with Crippen molar-refractivity contribution in [2.75, 3.05) is 58.5 Å². The molecule has 0 aromatic heterocycles. The number of amides is 1. The van der Waals surface area contributed by atoms with Gasteiger partial charge in [-0.1, -0.05) is 34.6 Å². The smallest absolute Gasteiger partial charge is 0.426 e. The molecule has 3 fully saturated rings. The number of rotatable bonds is 17. The van der Waals surface area contributed by atoms with Crippen molar-refractivity contribution in [3.63, 3.8) is 0 Å². The van der Waals surface area contributed by atoms with Gasteiger partial charge < -0.3 is 24.8 Å². The van der Waals surface area contributed by atoms with Gasteiger partial charge in [0, 0.05) is 50.4 Å². The van der Waals surface area contributed by atoms with Crippen molar-refractivity contribution in [1.82, 2.24) is 15.5 Å². The lowest BCUT2D eigenvalue weighted by atomic mass is 9.55. The van der Waals surface area contributed by atoms with E-state index in [0.717, 1.165) is 75.2 Å². The van der Waals surface area contributed by atoms with Crippen LogP contribution < -0.4 is 15.4 Å². The minimum Gasteiger partial charge on any atom is -0.494 e. The number of carbonyl (C=O) groups is 1. The van der Waals surface area contributed by atoms with Gasteiger partial charge in [0.1, 0.15) is 5.75 Å². The van der Waals surface area contributed by atoms with E-state index in [0.29, 0.717) is 30.4 Å². The number of nitrogens with one attached hydrogen (secondary N) is 2. The third-order valence-electron chi connectivity index (χ3n) is 12.0. The monoisotopic (exact) mass is 784 g/mol. The molecule has 15 heteroatoms. The average Bonchev–Trinajstić information content (AvgIpc) is 3.68. The summed E-state index contributed by atoms with van der Waals surface area (Å²) in [5, 5.41) is 6.71. The Hall–Kier alpha value is -1.39. The van der Waals surface area contributed by atoms with Crippen molar-refractivity contribution in [2.45, 2.75) is 114 Å². The van der Waals surface area contributed by atoms with Gasteiger partial charge in [0.2, 0.25) is 5.91 Å². The van der Waals surface area contributed by atoms with E-state index < -0.39 is 24.6 Å². The first-order valence-electron chi connectivity index (χ1n) is 19.2. The Kier molecular flexibility index (Phi) is 13.6. The lowest BCUT2D eigenvalue weighted by Crippen LogP contribution is -2.56. The second-order valence-corrected chi connectivity index (χ2v) is 18.1. The lowest BCUT2D eigenvalue weighted by molar-refractivity contribution is -0.374. The molecule has 1 aromatic carbocycles. The van der Waals surface area contributed by atoms with Crippen molar-refractivity contribution in [2.24, 2.45) is 17.3 Å². The molecule has 296 valence electrons. The Balaban J connectivity index is 1.02. The first kappa shape index (κ1) is 40.3. The Morgan fingerprint density at radius 3 is 2.63 bits per heavy atom. The maximum absolute atomic E-state index is 13.1. The molecule has 0 spiro atoms. The number of methoxy groups -OCH3 is 1. The van der Waals surface area contributed by atoms with Crippen molar-refractivity contribution in [3.8, 4) is 5.75 Å². The zero-order valence-corrected chi connectivity index (χ0v) is 32.0. The quantitative estimate of drug-likeness (QED) is 0.0944. The number of carbonyl (C=O) groups excluding carboxylic acids is 1. The third-order valence-corrected chi connectivity index (χ3v) is 14.6. The minimum absolute atomic E-state index is 0.00103. The molecule has 4 aliphatic rings. The summed E-state index contributed by atoms with van der Waals surface area (Å²) in [6, 6.07) is 7.08. The molecule has 52 heavy (non-hydrogen) atoms. The number of alkyl halides is 6. The number of nitrogens with zero attached hydrogens (tertiary/aromatic N) is 1. The Morgan fingerprint density at radius 2 is 1.88 bits per heavy atom. The van der Waals surface area contributed by atoms with Crippen LogP contribution in [-0.4, -0.2) is 105 Å². The van der Waals surface area contributed by atoms with Gasteiger partial charge in [-0.15, -0.1) is 0 Å². The van der Waals surface area contributed by atoms with E-state index in [9.17, 15) is 31.1 Å². The van der Waals surface area contributed by atoms with Crippen LogP contribution in [0.15, 0.2) is 18.2 Å². The fourth-order valence-corrected chi connectivity index (χ4v) is 11.3. The molecule has 1 aromatic rings. The molecule has 1 saturated heterocycles. The van der Waals surface area contributed by atoms with E-state index >= 15 is 0 Å². The summed E-state index contributed by atoms with van der Waals surface area (Å²) in [5.74, 6) is 4.31. The molecule has 5 rings (SSSR count). The molecule has 0 radical (unpaired) electrons. The molecule has 1 heterocycles. The van der Waals surface area contributed by atoms with Crippen LogP contribution in [0.5, 0.6) is 5.75 Å². The summed E-state index contributed by atoms with van der Waals surface area (Å²) in [5.41, 5.74) is -1.46. The van der Waals surface area contributed by atoms with Crippen LogP contribution in [-0.2, 0) is 20.7 Å². The highest BCUT2D eigenvalue weighted by Crippen LogP contribution is 2.61. The van der Waals surface area contributed by atoms with Gasteiger partial charge in [-0.25, -0.2) is 0 Å². The topological polar surface area (TPSA) is 72.1 Å². The van der Waals surface area contributed by atoms with Crippen molar-refractivity contribution >= 4 is 27.5 Å². The van der Waals surface area contributed by atoms with Crippen LogP contribution in [0.1, 0.15) is 83.6 Å². The highest BCUT2D eigenvalue weighted by molar-refractivity contribution is 8.76. The van der Waals surface area contributed by atoms with E-state index in [1.165, 1.54) is 11.1 Å². The van der Waals surface area contributed by atoms with Crippen molar-refractivity contribution < 1.29 is 46.7 Å². The summed E-state index contributed by atoms with van der Waals surface area (Å²) in [4.78, 5) is 14.7. The van der Waals surface area contributed by atoms with E-state index in [2.05, 4.69) is 40.5 Å². The standard InChI is InChI=1S/C37H55F6N3O4S2/c1-34-14-13-29-28-10-8-26(49-16-6-18-51-52-23-25-20-27(48-4)21-44-25)19-24(28)7-9-30(29)31(34)11-12-32(34)45-33(47)22-46(3)15-5-17-50-35(2,36(38,39)40)37(41,42)43/h8,10,19,25,27,29-32,44H,5-7,9,11-18,20-23H2,1-4H3,(H,45,47)/t25-,27+,29?,30?,31?,32+,34+/m1/s1/i4D. The largest absolute Gasteiger partial charge is 0.494 e. The van der Waals surface area contributed by atoms with E-state index in [4.69, 9.17) is 10.8 Å². The number of benzene rings is 1. The molecular formula is C37H55F6N3O4S2. The highest BCUT2D eigenvalue weighted by atomic mass is 33.1. The van der Waals surface area contributed by atoms with Gasteiger partial charge in [-0.2, -0.15) is 26.3 Å². The Morgan fingerprint density at radius 1 is 1.10 bits per heavy atom. The number of likely N-dealkylation sites (N-methyl/N-ethyl adjacent to an activating group) is 1. The summed E-state index contributed by atoms with van der Waals surface area (Å²) in [6.45, 7) is 3.18. The molecule has 7 atom stereocenters. The lowest BCUT2D eigenvalue weighted by Gasteiger charge is -2.51. The molecule has 3 unspecified atom stereocenters. The van der Waals surface area contributed by atoms with E-state index in [-0.39, 0.29) is 57.0 Å². The molecule has 0 bridgehead atoms. The zero-order chi connectivity index (χ0) is 38.4. The van der Waals surface area contributed by atoms with Gasteiger partial charge in [-0.05, 0) is 118 Å². The third kappa shape index (κ3) is 9.69. The van der Waals surface area contributed by atoms with Crippen LogP contribution in [0.25, 0.3) is 0 Å². The summed E-state index contributed by atoms with van der Waals surface area (Å²) in [6.07, 6.45) is -3.08. The number of halogens is 6. The molecular weight excluding hydrogens is 729 g/mol. The second-order valence-electron chi connectivity index (χ2n) is 15.4. The first-order chi connectivity index (χ1) is 25.1. The van der Waals surface area contributed by atoms with Crippen LogP contribution >= 0.6 is 21.6 Å². The van der Waals surface area contributed by atoms with Gasteiger partial charge in [0.15, 0.2) is 0 Å². The van der Waals surface area contributed by atoms with Crippen LogP contribution in [0, 0.1) is 17.3 Å².